The van der Waals surface area contributed by atoms with Crippen LogP contribution in [0.3, 0.4) is 0 Å². The van der Waals surface area contributed by atoms with Crippen LogP contribution < -0.4 is 10.5 Å². The number of nitrogen functional groups attached to an aromatic ring is 1. The Morgan fingerprint density at radius 1 is 1.19 bits per heavy atom. The van der Waals surface area contributed by atoms with E-state index in [1.165, 1.54) is 17.9 Å². The molecule has 0 aliphatic carbocycles. The number of anilines is 1. The summed E-state index contributed by atoms with van der Waals surface area (Å²) in [6.07, 6.45) is 1.49. The Labute approximate surface area is 155 Å². The van der Waals surface area contributed by atoms with Gasteiger partial charge in [0.1, 0.15) is 11.8 Å². The fourth-order valence-corrected chi connectivity index (χ4v) is 2.64. The third-order valence-corrected chi connectivity index (χ3v) is 3.83. The van der Waals surface area contributed by atoms with E-state index in [9.17, 15) is 10.1 Å². The first-order chi connectivity index (χ1) is 12.9. The molecule has 0 atom stereocenters. The van der Waals surface area contributed by atoms with Gasteiger partial charge in [0, 0.05) is 23.3 Å². The number of nitrogens with zero attached hydrogens (tertiary/aromatic N) is 4. The zero-order chi connectivity index (χ0) is 19.6. The highest BCUT2D eigenvalue weighted by Gasteiger charge is 2.21. The predicted octanol–water partition coefficient (Wildman–Crippen LogP) is 2.92. The average Bonchev–Trinajstić information content (AvgIpc) is 2.97. The minimum absolute atomic E-state index is 0.0771. The number of carbonyl (C=O) groups excluding carboxylic acids is 1. The minimum Gasteiger partial charge on any atom is -0.464 e. The minimum atomic E-state index is -0.627. The first-order valence-electron chi connectivity index (χ1n) is 8.02. The topological polar surface area (TPSA) is 116 Å². The maximum Gasteiger partial charge on any atom is 0.357 e. The van der Waals surface area contributed by atoms with Crippen molar-refractivity contribution < 1.29 is 14.3 Å². The highest BCUT2D eigenvalue weighted by Crippen LogP contribution is 2.26. The number of nitrogens with two attached hydrogens (primary N) is 1. The van der Waals surface area contributed by atoms with Crippen LogP contribution in [0.25, 0.3) is 5.69 Å². The van der Waals surface area contributed by atoms with Gasteiger partial charge < -0.3 is 19.8 Å². The Balaban J connectivity index is 1.94. The van der Waals surface area contributed by atoms with Gasteiger partial charge in [-0.3, -0.25) is 0 Å². The smallest absolute Gasteiger partial charge is 0.357 e. The van der Waals surface area contributed by atoms with Crippen molar-refractivity contribution in [1.29, 1.82) is 5.26 Å². The molecule has 0 saturated carbocycles. The average molecular weight is 363 g/mol. The Hall–Kier alpha value is -3.86. The quantitative estimate of drug-likeness (QED) is 0.708. The SMILES string of the molecule is COC(=O)c1c(N)c(C#N)cn1-c1ccc(Oc2nc(C)cc(C)n2)cc1. The lowest BCUT2D eigenvalue weighted by Crippen LogP contribution is -2.11. The van der Waals surface area contributed by atoms with Crippen LogP contribution in [0, 0.1) is 25.2 Å². The molecule has 0 bridgehead atoms. The maximum absolute atomic E-state index is 12.1. The molecule has 1 aromatic carbocycles. The van der Waals surface area contributed by atoms with Crippen LogP contribution in [0.4, 0.5) is 5.69 Å². The van der Waals surface area contributed by atoms with Crippen LogP contribution in [0.1, 0.15) is 27.4 Å². The van der Waals surface area contributed by atoms with Crippen LogP contribution in [0.2, 0.25) is 0 Å². The molecular formula is C19H17N5O3. The maximum atomic E-state index is 12.1. The van der Waals surface area contributed by atoms with E-state index in [4.69, 9.17) is 15.2 Å². The largest absolute Gasteiger partial charge is 0.464 e. The molecule has 3 rings (SSSR count). The second-order valence-electron chi connectivity index (χ2n) is 5.81. The summed E-state index contributed by atoms with van der Waals surface area (Å²) in [7, 11) is 1.26. The van der Waals surface area contributed by atoms with Gasteiger partial charge in [0.2, 0.25) is 0 Å². The van der Waals surface area contributed by atoms with E-state index in [-0.39, 0.29) is 23.0 Å². The van der Waals surface area contributed by atoms with Crippen molar-refractivity contribution in [3.05, 3.63) is 59.2 Å². The number of aromatic nitrogens is 3. The Kier molecular flexibility index (Phi) is 4.77. The van der Waals surface area contributed by atoms with Crippen LogP contribution in [-0.2, 0) is 4.74 Å². The molecule has 0 amide bonds. The van der Waals surface area contributed by atoms with E-state index in [1.807, 2.05) is 26.0 Å². The third kappa shape index (κ3) is 3.57. The number of esters is 1. The van der Waals surface area contributed by atoms with Gasteiger partial charge in [0.25, 0.3) is 0 Å². The monoisotopic (exact) mass is 363 g/mol. The highest BCUT2D eigenvalue weighted by atomic mass is 16.5. The third-order valence-electron chi connectivity index (χ3n) is 3.83. The van der Waals surface area contributed by atoms with Gasteiger partial charge in [0.15, 0.2) is 5.69 Å². The first kappa shape index (κ1) is 17.9. The van der Waals surface area contributed by atoms with E-state index < -0.39 is 5.97 Å². The van der Waals surface area contributed by atoms with Gasteiger partial charge in [-0.2, -0.15) is 5.26 Å². The highest BCUT2D eigenvalue weighted by molar-refractivity contribution is 5.95. The Bertz CT molecular complexity index is 1030. The zero-order valence-corrected chi connectivity index (χ0v) is 15.1. The van der Waals surface area contributed by atoms with Crippen molar-refractivity contribution in [2.24, 2.45) is 0 Å². The number of hydrogen-bond donors (Lipinski definition) is 1. The van der Waals surface area contributed by atoms with Gasteiger partial charge in [-0.15, -0.1) is 0 Å². The van der Waals surface area contributed by atoms with Gasteiger partial charge in [-0.25, -0.2) is 14.8 Å². The fourth-order valence-electron chi connectivity index (χ4n) is 2.64. The molecule has 8 nitrogen and oxygen atoms in total. The van der Waals surface area contributed by atoms with E-state index in [0.29, 0.717) is 11.4 Å². The van der Waals surface area contributed by atoms with E-state index in [0.717, 1.165) is 11.4 Å². The van der Waals surface area contributed by atoms with Crippen molar-refractivity contribution in [2.75, 3.05) is 12.8 Å². The summed E-state index contributed by atoms with van der Waals surface area (Å²) in [5, 5.41) is 9.18. The molecule has 136 valence electrons. The number of hydrogen-bond acceptors (Lipinski definition) is 7. The van der Waals surface area contributed by atoms with E-state index >= 15 is 0 Å². The van der Waals surface area contributed by atoms with Crippen LogP contribution in [-0.4, -0.2) is 27.6 Å². The molecule has 0 spiro atoms. The number of ether oxygens (including phenoxy) is 2. The number of benzene rings is 1. The second-order valence-corrected chi connectivity index (χ2v) is 5.81. The summed E-state index contributed by atoms with van der Waals surface area (Å²) in [6, 6.07) is 10.9. The van der Waals surface area contributed by atoms with Crippen molar-refractivity contribution in [3.8, 4) is 23.5 Å². The summed E-state index contributed by atoms with van der Waals surface area (Å²) in [5.41, 5.74) is 8.51. The van der Waals surface area contributed by atoms with Gasteiger partial charge in [-0.1, -0.05) is 0 Å². The lowest BCUT2D eigenvalue weighted by atomic mass is 10.2. The van der Waals surface area contributed by atoms with Crippen LogP contribution >= 0.6 is 0 Å². The van der Waals surface area contributed by atoms with Crippen molar-refractivity contribution >= 4 is 11.7 Å². The number of methoxy groups -OCH3 is 1. The van der Waals surface area contributed by atoms with Crippen molar-refractivity contribution in [2.45, 2.75) is 13.8 Å². The summed E-state index contributed by atoms with van der Waals surface area (Å²) < 4.78 is 12.0. The number of rotatable bonds is 4. The first-order valence-corrected chi connectivity index (χ1v) is 8.02. The normalized spacial score (nSPS) is 10.3. The fraction of sp³-hybridized carbons (Fsp3) is 0.158. The van der Waals surface area contributed by atoms with Gasteiger partial charge in [0.05, 0.1) is 18.4 Å². The summed E-state index contributed by atoms with van der Waals surface area (Å²) in [5.74, 6) is -0.0954. The van der Waals surface area contributed by atoms with Gasteiger partial charge >= 0.3 is 12.0 Å². The molecule has 0 radical (unpaired) electrons. The molecule has 0 fully saturated rings. The Morgan fingerprint density at radius 3 is 2.37 bits per heavy atom. The predicted molar refractivity (Wildman–Crippen MR) is 97.8 cm³/mol. The molecule has 2 aromatic heterocycles. The molecule has 0 aliphatic rings. The van der Waals surface area contributed by atoms with Crippen LogP contribution in [0.5, 0.6) is 11.8 Å². The van der Waals surface area contributed by atoms with Crippen molar-refractivity contribution in [1.82, 2.24) is 14.5 Å². The van der Waals surface area contributed by atoms with E-state index in [1.54, 1.807) is 24.3 Å². The standard InChI is InChI=1S/C19H17N5O3/c1-11-8-12(2)23-19(22-11)27-15-6-4-14(5-7-15)24-10-13(9-20)16(21)17(24)18(25)26-3/h4-8,10H,21H2,1-3H3. The number of carbonyl (C=O) groups is 1. The molecular weight excluding hydrogens is 346 g/mol. The van der Waals surface area contributed by atoms with Gasteiger partial charge in [-0.05, 0) is 44.2 Å². The summed E-state index contributed by atoms with van der Waals surface area (Å²) in [4.78, 5) is 20.5. The molecule has 3 aromatic rings. The summed E-state index contributed by atoms with van der Waals surface area (Å²) in [6.45, 7) is 3.73. The molecule has 2 N–H and O–H groups in total. The molecule has 0 unspecified atom stereocenters. The summed E-state index contributed by atoms with van der Waals surface area (Å²) >= 11 is 0. The number of nitriles is 1. The Morgan fingerprint density at radius 2 is 1.81 bits per heavy atom. The zero-order valence-electron chi connectivity index (χ0n) is 15.1. The molecule has 8 heteroatoms. The second kappa shape index (κ2) is 7.17. The van der Waals surface area contributed by atoms with Crippen molar-refractivity contribution in [3.63, 3.8) is 0 Å². The lowest BCUT2D eigenvalue weighted by Gasteiger charge is -2.10. The molecule has 27 heavy (non-hydrogen) atoms. The molecule has 0 saturated heterocycles. The number of aryl methyl sites for hydroxylation is 2. The lowest BCUT2D eigenvalue weighted by molar-refractivity contribution is 0.0593. The molecule has 2 heterocycles. The van der Waals surface area contributed by atoms with Crippen LogP contribution in [0.15, 0.2) is 36.5 Å². The molecule has 0 aliphatic heterocycles. The van der Waals surface area contributed by atoms with E-state index in [2.05, 4.69) is 9.97 Å².